The number of ether oxygens (including phenoxy) is 1. The first kappa shape index (κ1) is 21.1. The minimum Gasteiger partial charge on any atom is -0.487 e. The van der Waals surface area contributed by atoms with Crippen molar-refractivity contribution in [2.75, 3.05) is 19.6 Å². The molecule has 0 radical (unpaired) electrons. The molecule has 1 aromatic carbocycles. The van der Waals surface area contributed by atoms with Gasteiger partial charge in [-0.05, 0) is 56.8 Å². The highest BCUT2D eigenvalue weighted by molar-refractivity contribution is 6.32. The van der Waals surface area contributed by atoms with Crippen molar-refractivity contribution in [2.24, 2.45) is 11.8 Å². The minimum atomic E-state index is -0.118. The van der Waals surface area contributed by atoms with Crippen LogP contribution in [0.15, 0.2) is 24.3 Å². The van der Waals surface area contributed by atoms with Gasteiger partial charge < -0.3 is 15.4 Å². The van der Waals surface area contributed by atoms with E-state index in [-0.39, 0.29) is 24.4 Å². The molecule has 2 N–H and O–H groups in total. The van der Waals surface area contributed by atoms with Gasteiger partial charge in [-0.3, -0.25) is 4.79 Å². The third kappa shape index (κ3) is 6.88. The lowest BCUT2D eigenvalue weighted by Gasteiger charge is -2.28. The van der Waals surface area contributed by atoms with Gasteiger partial charge in [-0.1, -0.05) is 30.7 Å². The number of benzene rings is 1. The van der Waals surface area contributed by atoms with Gasteiger partial charge in [0.05, 0.1) is 11.6 Å². The Morgan fingerprint density at radius 3 is 2.67 bits per heavy atom. The van der Waals surface area contributed by atoms with Crippen LogP contribution in [-0.2, 0) is 4.79 Å². The third-order valence-corrected chi connectivity index (χ3v) is 4.76. The van der Waals surface area contributed by atoms with Crippen LogP contribution >= 0.6 is 24.0 Å². The second kappa shape index (κ2) is 10.8. The van der Waals surface area contributed by atoms with Gasteiger partial charge in [0.1, 0.15) is 11.9 Å². The predicted molar refractivity (Wildman–Crippen MR) is 101 cm³/mol. The van der Waals surface area contributed by atoms with Crippen LogP contribution in [0.3, 0.4) is 0 Å². The summed E-state index contributed by atoms with van der Waals surface area (Å²) in [6.07, 6.45) is 2.80. The summed E-state index contributed by atoms with van der Waals surface area (Å²) in [6, 6.07) is 7.37. The minimum absolute atomic E-state index is 0. The highest BCUT2D eigenvalue weighted by atomic mass is 35.5. The van der Waals surface area contributed by atoms with Crippen LogP contribution in [0.5, 0.6) is 5.75 Å². The first-order chi connectivity index (χ1) is 11.1. The summed E-state index contributed by atoms with van der Waals surface area (Å²) in [4.78, 5) is 12.1. The van der Waals surface area contributed by atoms with Crippen molar-refractivity contribution in [3.63, 3.8) is 0 Å². The largest absolute Gasteiger partial charge is 0.487 e. The van der Waals surface area contributed by atoms with Crippen LogP contribution in [0.25, 0.3) is 0 Å². The van der Waals surface area contributed by atoms with Crippen LogP contribution in [0, 0.1) is 11.8 Å². The van der Waals surface area contributed by atoms with Crippen molar-refractivity contribution in [3.05, 3.63) is 29.3 Å². The third-order valence-electron chi connectivity index (χ3n) is 4.45. The highest BCUT2D eigenvalue weighted by Crippen LogP contribution is 2.25. The maximum Gasteiger partial charge on any atom is 0.220 e. The Morgan fingerprint density at radius 2 is 2.00 bits per heavy atom. The lowest BCUT2D eigenvalue weighted by Crippen LogP contribution is -2.36. The summed E-state index contributed by atoms with van der Waals surface area (Å²) >= 11 is 6.07. The molecule has 1 amide bonds. The zero-order chi connectivity index (χ0) is 16.7. The van der Waals surface area contributed by atoms with Gasteiger partial charge in [0.25, 0.3) is 0 Å². The number of halogens is 2. The fourth-order valence-corrected chi connectivity index (χ4v) is 3.18. The van der Waals surface area contributed by atoms with Crippen LogP contribution < -0.4 is 15.4 Å². The molecule has 2 rings (SSSR count). The van der Waals surface area contributed by atoms with E-state index >= 15 is 0 Å². The van der Waals surface area contributed by atoms with E-state index < -0.39 is 0 Å². The average molecular weight is 375 g/mol. The molecular weight excluding hydrogens is 347 g/mol. The smallest absolute Gasteiger partial charge is 0.220 e. The molecule has 1 aliphatic heterocycles. The van der Waals surface area contributed by atoms with Gasteiger partial charge in [-0.2, -0.15) is 0 Å². The molecule has 1 aliphatic rings. The molecular formula is C18H28Cl2N2O2. The van der Waals surface area contributed by atoms with Crippen molar-refractivity contribution >= 4 is 29.9 Å². The Hall–Kier alpha value is -0.970. The van der Waals surface area contributed by atoms with Gasteiger partial charge in [-0.25, -0.2) is 0 Å². The lowest BCUT2D eigenvalue weighted by molar-refractivity contribution is -0.122. The van der Waals surface area contributed by atoms with Gasteiger partial charge >= 0.3 is 0 Å². The Bertz CT molecular complexity index is 508. The molecule has 0 aliphatic carbocycles. The van der Waals surface area contributed by atoms with Crippen LogP contribution in [0.1, 0.15) is 33.1 Å². The van der Waals surface area contributed by atoms with Crippen molar-refractivity contribution < 1.29 is 9.53 Å². The summed E-state index contributed by atoms with van der Waals surface area (Å²) in [5, 5.41) is 6.92. The molecule has 24 heavy (non-hydrogen) atoms. The maximum absolute atomic E-state index is 12.1. The molecule has 6 heteroatoms. The number of hydrogen-bond donors (Lipinski definition) is 2. The molecule has 136 valence electrons. The zero-order valence-corrected chi connectivity index (χ0v) is 16.0. The fourth-order valence-electron chi connectivity index (χ4n) is 3.00. The van der Waals surface area contributed by atoms with E-state index in [9.17, 15) is 4.79 Å². The maximum atomic E-state index is 12.1. The molecule has 0 spiro atoms. The summed E-state index contributed by atoms with van der Waals surface area (Å²) in [6.45, 7) is 6.74. The highest BCUT2D eigenvalue weighted by Gasteiger charge is 2.22. The fraction of sp³-hybridized carbons (Fsp3) is 0.611. The number of rotatable bonds is 7. The van der Waals surface area contributed by atoms with E-state index in [0.717, 1.165) is 13.1 Å². The number of para-hydroxylation sites is 1. The second-order valence-corrected chi connectivity index (χ2v) is 6.84. The first-order valence-corrected chi connectivity index (χ1v) is 8.82. The number of piperidine rings is 1. The van der Waals surface area contributed by atoms with Crippen LogP contribution in [-0.4, -0.2) is 31.6 Å². The van der Waals surface area contributed by atoms with Gasteiger partial charge in [0.15, 0.2) is 0 Å². The first-order valence-electron chi connectivity index (χ1n) is 8.45. The predicted octanol–water partition coefficient (Wildman–Crippen LogP) is 3.67. The van der Waals surface area contributed by atoms with Gasteiger partial charge in [0.2, 0.25) is 5.91 Å². The van der Waals surface area contributed by atoms with Crippen LogP contribution in [0.4, 0.5) is 0 Å². The number of hydrogen-bond acceptors (Lipinski definition) is 3. The molecule has 1 saturated heterocycles. The van der Waals surface area contributed by atoms with E-state index in [1.54, 1.807) is 6.07 Å². The summed E-state index contributed by atoms with van der Waals surface area (Å²) in [5.41, 5.74) is 0. The quantitative estimate of drug-likeness (QED) is 0.765. The SMILES string of the molecule is CC(CNC(=O)CC(C)C1CCNCC1)Oc1ccccc1Cl.Cl. The molecule has 0 bridgehead atoms. The van der Waals surface area contributed by atoms with E-state index in [1.807, 2.05) is 25.1 Å². The molecule has 4 nitrogen and oxygen atoms in total. The van der Waals surface area contributed by atoms with Crippen molar-refractivity contribution in [1.82, 2.24) is 10.6 Å². The van der Waals surface area contributed by atoms with E-state index in [1.165, 1.54) is 12.8 Å². The van der Waals surface area contributed by atoms with Gasteiger partial charge in [-0.15, -0.1) is 12.4 Å². The molecule has 2 atom stereocenters. The van der Waals surface area contributed by atoms with E-state index in [4.69, 9.17) is 16.3 Å². The molecule has 1 aromatic rings. The molecule has 0 aromatic heterocycles. The summed E-state index contributed by atoms with van der Waals surface area (Å²) < 4.78 is 5.76. The Labute approximate surface area is 156 Å². The number of carbonyl (C=O) groups excluding carboxylic acids is 1. The lowest BCUT2D eigenvalue weighted by atomic mass is 9.84. The average Bonchev–Trinajstić information content (AvgIpc) is 2.56. The van der Waals surface area contributed by atoms with Crippen molar-refractivity contribution in [3.8, 4) is 5.75 Å². The molecule has 2 unspecified atom stereocenters. The molecule has 1 heterocycles. The summed E-state index contributed by atoms with van der Waals surface area (Å²) in [5.74, 6) is 1.83. The molecule has 1 fully saturated rings. The van der Waals surface area contributed by atoms with Crippen LogP contribution in [0.2, 0.25) is 5.02 Å². The number of amides is 1. The number of nitrogens with one attached hydrogen (secondary N) is 2. The van der Waals surface area contributed by atoms with Gasteiger partial charge in [0, 0.05) is 6.42 Å². The van der Waals surface area contributed by atoms with Crippen molar-refractivity contribution in [2.45, 2.75) is 39.2 Å². The molecule has 0 saturated carbocycles. The van der Waals surface area contributed by atoms with E-state index in [0.29, 0.717) is 35.6 Å². The summed E-state index contributed by atoms with van der Waals surface area (Å²) in [7, 11) is 0. The topological polar surface area (TPSA) is 50.4 Å². The van der Waals surface area contributed by atoms with E-state index in [2.05, 4.69) is 17.6 Å². The number of carbonyl (C=O) groups is 1. The Kier molecular flexibility index (Phi) is 9.49. The normalized spacial score (nSPS) is 17.5. The Balaban J connectivity index is 0.00000288. The second-order valence-electron chi connectivity index (χ2n) is 6.43. The Morgan fingerprint density at radius 1 is 1.33 bits per heavy atom. The standard InChI is InChI=1S/C18H27ClN2O2.ClH/c1-13(15-7-9-20-10-8-15)11-18(22)21-12-14(2)23-17-6-4-3-5-16(17)19;/h3-6,13-15,20H,7-12H2,1-2H3,(H,21,22);1H. The monoisotopic (exact) mass is 374 g/mol. The zero-order valence-electron chi connectivity index (χ0n) is 14.4. The van der Waals surface area contributed by atoms with Crippen molar-refractivity contribution in [1.29, 1.82) is 0 Å².